The topological polar surface area (TPSA) is 151 Å². The molecule has 0 aromatic heterocycles. The molecule has 10 heteroatoms. The third-order valence-electron chi connectivity index (χ3n) is 2.64. The van der Waals surface area contributed by atoms with Crippen LogP contribution in [0.1, 0.15) is 44.9 Å². The third-order valence-corrected chi connectivity index (χ3v) is 3.13. The lowest BCUT2D eigenvalue weighted by Crippen LogP contribution is -2.23. The molecule has 0 saturated carbocycles. The Balaban J connectivity index is 3.50. The van der Waals surface area contributed by atoms with Crippen LogP contribution in [0.2, 0.25) is 0 Å². The molecule has 0 rings (SSSR count). The largest absolute Gasteiger partial charge is 0.481 e. The number of carboxylic acids is 1. The van der Waals surface area contributed by atoms with E-state index in [0.717, 1.165) is 19.3 Å². The van der Waals surface area contributed by atoms with E-state index < -0.39 is 39.1 Å². The summed E-state index contributed by atoms with van der Waals surface area (Å²) in [4.78, 5) is 38.4. The number of hydrogen-bond acceptors (Lipinski definition) is 6. The first-order chi connectivity index (χ1) is 10.2. The maximum Gasteiger partial charge on any atom is 0.469 e. The summed E-state index contributed by atoms with van der Waals surface area (Å²) < 4.78 is 19.2. The quantitative estimate of drug-likeness (QED) is 0.216. The molecule has 0 radical (unpaired) electrons. The van der Waals surface area contributed by atoms with Crippen molar-refractivity contribution in [2.75, 3.05) is 13.2 Å². The molecule has 0 aromatic carbocycles. The van der Waals surface area contributed by atoms with Gasteiger partial charge >= 0.3 is 19.8 Å². The van der Waals surface area contributed by atoms with E-state index in [1.165, 1.54) is 0 Å². The molecule has 9 nitrogen and oxygen atoms in total. The van der Waals surface area contributed by atoms with Crippen molar-refractivity contribution in [2.45, 2.75) is 51.0 Å². The highest BCUT2D eigenvalue weighted by molar-refractivity contribution is 7.46. The Morgan fingerprint density at radius 2 is 1.50 bits per heavy atom. The lowest BCUT2D eigenvalue weighted by atomic mass is 10.1. The maximum atomic E-state index is 11.3. The zero-order chi connectivity index (χ0) is 17.0. The van der Waals surface area contributed by atoms with Gasteiger partial charge in [-0.2, -0.15) is 0 Å². The number of aliphatic hydroxyl groups is 1. The van der Waals surface area contributed by atoms with E-state index in [2.05, 4.69) is 4.52 Å². The van der Waals surface area contributed by atoms with Crippen molar-refractivity contribution in [3.05, 3.63) is 0 Å². The van der Waals surface area contributed by atoms with E-state index in [9.17, 15) is 19.3 Å². The van der Waals surface area contributed by atoms with E-state index in [0.29, 0.717) is 12.8 Å². The van der Waals surface area contributed by atoms with Gasteiger partial charge in [-0.3, -0.25) is 14.1 Å². The summed E-state index contributed by atoms with van der Waals surface area (Å²) in [6.45, 7) is -1.02. The molecule has 0 amide bonds. The fourth-order valence-electron chi connectivity index (χ4n) is 1.57. The second kappa shape index (κ2) is 11.6. The molecule has 0 spiro atoms. The molecule has 0 heterocycles. The molecule has 1 unspecified atom stereocenters. The molecule has 0 aliphatic carbocycles. The van der Waals surface area contributed by atoms with Crippen LogP contribution < -0.4 is 0 Å². The van der Waals surface area contributed by atoms with E-state index >= 15 is 0 Å². The Labute approximate surface area is 128 Å². The number of phosphoric acid groups is 1. The standard InChI is InChI=1S/C12H23O9P/c13-10(9-21-22(17,18)19)8-20-12(16)7-5-3-1-2-4-6-11(14)15/h10,13H,1-9H2,(H,14,15)(H2,17,18,19). The maximum absolute atomic E-state index is 11.3. The summed E-state index contributed by atoms with van der Waals surface area (Å²) in [6.07, 6.45) is 2.64. The van der Waals surface area contributed by atoms with Crippen LogP contribution in [-0.2, 0) is 23.4 Å². The van der Waals surface area contributed by atoms with Gasteiger partial charge in [0.2, 0.25) is 0 Å². The Hall–Kier alpha value is -0.990. The Morgan fingerprint density at radius 3 is 2.05 bits per heavy atom. The molecule has 130 valence electrons. The van der Waals surface area contributed by atoms with Crippen molar-refractivity contribution >= 4 is 19.8 Å². The summed E-state index contributed by atoms with van der Waals surface area (Å²) in [5, 5.41) is 17.7. The third kappa shape index (κ3) is 15.4. The normalized spacial score (nSPS) is 12.9. The van der Waals surface area contributed by atoms with Crippen LogP contribution in [0.3, 0.4) is 0 Å². The van der Waals surface area contributed by atoms with Gasteiger partial charge in [0.25, 0.3) is 0 Å². The zero-order valence-electron chi connectivity index (χ0n) is 12.2. The van der Waals surface area contributed by atoms with E-state index in [-0.39, 0.29) is 12.8 Å². The number of aliphatic carboxylic acids is 1. The van der Waals surface area contributed by atoms with Gasteiger partial charge in [0, 0.05) is 12.8 Å². The highest BCUT2D eigenvalue weighted by Crippen LogP contribution is 2.35. The molecule has 0 saturated heterocycles. The Kier molecular flexibility index (Phi) is 11.0. The van der Waals surface area contributed by atoms with Crippen LogP contribution in [0, 0.1) is 0 Å². The van der Waals surface area contributed by atoms with Crippen LogP contribution in [-0.4, -0.2) is 51.3 Å². The van der Waals surface area contributed by atoms with Crippen LogP contribution in [0.4, 0.5) is 0 Å². The van der Waals surface area contributed by atoms with E-state index in [1.54, 1.807) is 0 Å². The van der Waals surface area contributed by atoms with Crippen molar-refractivity contribution in [1.82, 2.24) is 0 Å². The van der Waals surface area contributed by atoms with E-state index in [1.807, 2.05) is 0 Å². The van der Waals surface area contributed by atoms with Gasteiger partial charge in [-0.1, -0.05) is 19.3 Å². The number of carbonyl (C=O) groups excluding carboxylic acids is 1. The zero-order valence-corrected chi connectivity index (χ0v) is 13.1. The van der Waals surface area contributed by atoms with Gasteiger partial charge in [0.15, 0.2) is 0 Å². The van der Waals surface area contributed by atoms with Gasteiger partial charge in [-0.05, 0) is 12.8 Å². The minimum Gasteiger partial charge on any atom is -0.481 e. The number of rotatable bonds is 13. The van der Waals surface area contributed by atoms with Gasteiger partial charge in [0.1, 0.15) is 12.7 Å². The van der Waals surface area contributed by atoms with Gasteiger partial charge < -0.3 is 24.7 Å². The van der Waals surface area contributed by atoms with Crippen LogP contribution in [0.5, 0.6) is 0 Å². The average molecular weight is 342 g/mol. The second-order valence-corrected chi connectivity index (χ2v) is 6.02. The van der Waals surface area contributed by atoms with Crippen LogP contribution >= 0.6 is 7.82 Å². The Morgan fingerprint density at radius 1 is 0.955 bits per heavy atom. The minimum atomic E-state index is -4.64. The number of esters is 1. The van der Waals surface area contributed by atoms with Crippen molar-refractivity contribution in [3.8, 4) is 0 Å². The molecule has 0 fully saturated rings. The molecule has 0 aliphatic heterocycles. The lowest BCUT2D eigenvalue weighted by molar-refractivity contribution is -0.147. The van der Waals surface area contributed by atoms with Crippen molar-refractivity contribution < 1.29 is 43.4 Å². The fraction of sp³-hybridized carbons (Fsp3) is 0.833. The molecule has 0 aromatic rings. The first-order valence-electron chi connectivity index (χ1n) is 6.96. The number of ether oxygens (including phenoxy) is 1. The van der Waals surface area contributed by atoms with Crippen molar-refractivity contribution in [1.29, 1.82) is 0 Å². The van der Waals surface area contributed by atoms with Gasteiger partial charge in [-0.25, -0.2) is 4.57 Å². The summed E-state index contributed by atoms with van der Waals surface area (Å²) >= 11 is 0. The van der Waals surface area contributed by atoms with Gasteiger partial charge in [0.05, 0.1) is 6.61 Å². The SMILES string of the molecule is O=C(O)CCCCCCCC(=O)OCC(O)COP(=O)(O)O. The van der Waals surface area contributed by atoms with Crippen molar-refractivity contribution in [3.63, 3.8) is 0 Å². The molecular formula is C12H23O9P. The summed E-state index contributed by atoms with van der Waals surface area (Å²) in [5.41, 5.74) is 0. The Bertz CT molecular complexity index is 379. The highest BCUT2D eigenvalue weighted by atomic mass is 31.2. The van der Waals surface area contributed by atoms with Crippen molar-refractivity contribution in [2.24, 2.45) is 0 Å². The number of phosphoric ester groups is 1. The average Bonchev–Trinajstić information content (AvgIpc) is 2.40. The molecule has 0 bridgehead atoms. The number of aliphatic hydroxyl groups excluding tert-OH is 1. The molecule has 22 heavy (non-hydrogen) atoms. The first-order valence-corrected chi connectivity index (χ1v) is 8.49. The predicted molar refractivity (Wildman–Crippen MR) is 74.9 cm³/mol. The number of unbranched alkanes of at least 4 members (excludes halogenated alkanes) is 4. The number of carboxylic acid groups (broad SMARTS) is 1. The molecule has 0 aliphatic rings. The fourth-order valence-corrected chi connectivity index (χ4v) is 1.93. The van der Waals surface area contributed by atoms with Crippen LogP contribution in [0.25, 0.3) is 0 Å². The highest BCUT2D eigenvalue weighted by Gasteiger charge is 2.17. The van der Waals surface area contributed by atoms with Gasteiger partial charge in [-0.15, -0.1) is 0 Å². The minimum absolute atomic E-state index is 0.149. The predicted octanol–water partition coefficient (Wildman–Crippen LogP) is 0.815. The lowest BCUT2D eigenvalue weighted by Gasteiger charge is -2.12. The number of carbonyl (C=O) groups is 2. The van der Waals surface area contributed by atoms with Crippen LogP contribution in [0.15, 0.2) is 0 Å². The molecule has 1 atom stereocenters. The smallest absolute Gasteiger partial charge is 0.469 e. The monoisotopic (exact) mass is 342 g/mol. The first kappa shape index (κ1) is 21.0. The number of hydrogen-bond donors (Lipinski definition) is 4. The second-order valence-electron chi connectivity index (χ2n) is 4.78. The molecule has 4 N–H and O–H groups in total. The summed E-state index contributed by atoms with van der Waals surface area (Å²) in [6, 6.07) is 0. The summed E-state index contributed by atoms with van der Waals surface area (Å²) in [5.74, 6) is -1.33. The summed E-state index contributed by atoms with van der Waals surface area (Å²) in [7, 11) is -4.64. The van der Waals surface area contributed by atoms with E-state index in [4.69, 9.17) is 19.6 Å². The molecular weight excluding hydrogens is 319 g/mol.